The van der Waals surface area contributed by atoms with Crippen LogP contribution < -0.4 is 26.4 Å². The van der Waals surface area contributed by atoms with E-state index in [0.29, 0.717) is 29.8 Å². The molecule has 3 aromatic carbocycles. The van der Waals surface area contributed by atoms with E-state index in [9.17, 15) is 61.5 Å². The quantitative estimate of drug-likeness (QED) is 0.0667. The third-order valence-electron chi connectivity index (χ3n) is 13.1. The zero-order valence-corrected chi connectivity index (χ0v) is 39.4. The van der Waals surface area contributed by atoms with Crippen LogP contribution in [0.1, 0.15) is 92.8 Å². The number of primary amides is 1. The Labute approximate surface area is 406 Å². The number of nitrogens with zero attached hydrogens (tertiary/aromatic N) is 3. The number of alkyl halides is 2. The summed E-state index contributed by atoms with van der Waals surface area (Å²) in [7, 11) is -4.11. The zero-order valence-electron chi connectivity index (χ0n) is 37.7. The molecule has 0 aliphatic carbocycles. The molecule has 4 aliphatic heterocycles. The van der Waals surface area contributed by atoms with E-state index >= 15 is 4.39 Å². The van der Waals surface area contributed by atoms with Crippen LogP contribution in [-0.2, 0) is 40.6 Å². The molecule has 8 rings (SSSR count). The number of amides is 8. The highest BCUT2D eigenvalue weighted by molar-refractivity contribution is 7.52. The average molecular weight is 1030 g/mol. The van der Waals surface area contributed by atoms with Crippen molar-refractivity contribution >= 4 is 77.4 Å². The third kappa shape index (κ3) is 10.3. The molecule has 4 aromatic rings. The molecule has 376 valence electrons. The lowest BCUT2D eigenvalue weighted by atomic mass is 9.99. The summed E-state index contributed by atoms with van der Waals surface area (Å²) in [5.74, 6) is -6.73. The first-order valence-electron chi connectivity index (χ1n) is 22.4. The number of hydrogen-bond donors (Lipinski definition) is 7. The molecule has 3 saturated heterocycles. The number of H-pyrrole nitrogens is 1. The molecule has 0 bridgehead atoms. The Morgan fingerprint density at radius 1 is 1.01 bits per heavy atom. The van der Waals surface area contributed by atoms with Crippen molar-refractivity contribution in [3.63, 3.8) is 0 Å². The van der Waals surface area contributed by atoms with Crippen molar-refractivity contribution in [1.29, 1.82) is 0 Å². The Hall–Kier alpha value is -6.65. The van der Waals surface area contributed by atoms with E-state index in [0.717, 1.165) is 24.3 Å². The van der Waals surface area contributed by atoms with Crippen molar-refractivity contribution in [1.82, 2.24) is 35.6 Å². The molecule has 25 heteroatoms. The smallest absolute Gasteiger partial charge is 0.399 e. The van der Waals surface area contributed by atoms with Gasteiger partial charge < -0.3 is 45.7 Å². The van der Waals surface area contributed by atoms with Crippen molar-refractivity contribution in [3.8, 4) is 5.75 Å². The van der Waals surface area contributed by atoms with Crippen molar-refractivity contribution in [3.05, 3.63) is 98.9 Å². The second kappa shape index (κ2) is 19.9. The Balaban J connectivity index is 0.946. The third-order valence-corrected chi connectivity index (χ3v) is 14.5. The molecule has 8 amide bonds. The molecule has 5 heterocycles. The molecule has 5 atom stereocenters. The average Bonchev–Trinajstić information content (AvgIpc) is 4.00. The normalized spacial score (nSPS) is 21.4. The van der Waals surface area contributed by atoms with Crippen LogP contribution in [0, 0.1) is 5.82 Å². The summed E-state index contributed by atoms with van der Waals surface area (Å²) < 4.78 is 62.1. The fraction of sp³-hybridized carbons (Fsp3) is 0.391. The monoisotopic (exact) mass is 1030 g/mol. The van der Waals surface area contributed by atoms with E-state index in [-0.39, 0.29) is 90.2 Å². The van der Waals surface area contributed by atoms with Crippen LogP contribution in [0.3, 0.4) is 0 Å². The summed E-state index contributed by atoms with van der Waals surface area (Å²) in [5.41, 5.74) is 0.0266. The molecule has 3 fully saturated rings. The number of rotatable bonds is 15. The summed E-state index contributed by atoms with van der Waals surface area (Å²) in [6.07, 6.45) is 0.808. The second-order valence-electron chi connectivity index (χ2n) is 18.0. The van der Waals surface area contributed by atoms with Crippen LogP contribution in [0.5, 0.6) is 5.75 Å². The first-order valence-corrected chi connectivity index (χ1v) is 24.4. The Bertz CT molecular complexity index is 2950. The molecule has 1 aromatic heterocycles. The zero-order chi connectivity index (χ0) is 51.3. The van der Waals surface area contributed by atoms with Crippen molar-refractivity contribution in [2.75, 3.05) is 26.7 Å². The molecule has 0 saturated carbocycles. The standard InChI is InChI=1S/C46H47ClF3N8O12P/c1-56-14-13-27-7-9-33(57(27)44(65)32(20-56)54-40(61)31-19-24-18-25(5-8-30(24)53-31)46(49,50)71(67,68)69)41(62)52-26(6-11-36(51)59)21-70-35-4-2-3-23(39(35)47)15-22-16-28-38(29(48)17-22)45(66)58(43(28)64)34-10-12-37(60)55-42(34)63/h2-5,8,16-19,26-27,32-34,53H,6-7,9-15,20-21H2,1H3,(H2,51,59)(H,52,62)(H,54,61)(H,55,60,63)(H2,67,68,69)/t26-,27+,32-,33-,34?/m0/s1. The van der Waals surface area contributed by atoms with E-state index < -0.39 is 108 Å². The van der Waals surface area contributed by atoms with E-state index in [1.165, 1.54) is 23.1 Å². The number of carbonyl (C=O) groups excluding carboxylic acids is 8. The van der Waals surface area contributed by atoms with Gasteiger partial charge in [-0.2, -0.15) is 8.78 Å². The highest BCUT2D eigenvalue weighted by Gasteiger charge is 2.51. The maximum atomic E-state index is 15.6. The Morgan fingerprint density at radius 2 is 1.77 bits per heavy atom. The maximum absolute atomic E-state index is 15.6. The predicted molar refractivity (Wildman–Crippen MR) is 244 cm³/mol. The Kier molecular flexibility index (Phi) is 14.2. The van der Waals surface area contributed by atoms with Gasteiger partial charge in [0.1, 0.15) is 42.0 Å². The summed E-state index contributed by atoms with van der Waals surface area (Å²) >= 11 is 6.80. The summed E-state index contributed by atoms with van der Waals surface area (Å²) in [6.45, 7) is 0.298. The van der Waals surface area contributed by atoms with Crippen LogP contribution in [-0.4, -0.2) is 134 Å². The molecule has 20 nitrogen and oxygen atoms in total. The van der Waals surface area contributed by atoms with E-state index in [4.69, 9.17) is 22.1 Å². The van der Waals surface area contributed by atoms with Crippen LogP contribution >= 0.6 is 19.2 Å². The minimum absolute atomic E-state index is 0.0197. The van der Waals surface area contributed by atoms with Gasteiger partial charge in [0.2, 0.25) is 29.5 Å². The molecular weight excluding hydrogens is 980 g/mol. The number of halogens is 4. The molecule has 4 aliphatic rings. The van der Waals surface area contributed by atoms with Crippen LogP contribution in [0.4, 0.5) is 13.2 Å². The predicted octanol–water partition coefficient (Wildman–Crippen LogP) is 2.80. The second-order valence-corrected chi connectivity index (χ2v) is 20.0. The highest BCUT2D eigenvalue weighted by atomic mass is 35.5. The lowest BCUT2D eigenvalue weighted by Crippen LogP contribution is -2.60. The molecule has 0 radical (unpaired) electrons. The topological polar surface area (TPSA) is 291 Å². The van der Waals surface area contributed by atoms with Crippen LogP contribution in [0.2, 0.25) is 5.02 Å². The van der Waals surface area contributed by atoms with Crippen molar-refractivity contribution < 1.29 is 70.6 Å². The lowest BCUT2D eigenvalue weighted by molar-refractivity contribution is -0.143. The van der Waals surface area contributed by atoms with Gasteiger partial charge >= 0.3 is 13.3 Å². The minimum Gasteiger partial charge on any atom is -0.490 e. The van der Waals surface area contributed by atoms with Gasteiger partial charge in [-0.25, -0.2) is 4.39 Å². The van der Waals surface area contributed by atoms with E-state index in [1.54, 1.807) is 19.2 Å². The van der Waals surface area contributed by atoms with Gasteiger partial charge in [0.05, 0.1) is 22.2 Å². The summed E-state index contributed by atoms with van der Waals surface area (Å²) in [6, 6.07) is 6.45. The fourth-order valence-corrected chi connectivity index (χ4v) is 10.2. The van der Waals surface area contributed by atoms with Gasteiger partial charge in [-0.3, -0.25) is 53.1 Å². The van der Waals surface area contributed by atoms with E-state index in [1.807, 2.05) is 4.90 Å². The number of nitrogens with one attached hydrogen (secondary N) is 4. The maximum Gasteiger partial charge on any atom is 0.399 e. The van der Waals surface area contributed by atoms with Gasteiger partial charge in [-0.15, -0.1) is 0 Å². The largest absolute Gasteiger partial charge is 0.490 e. The number of carbonyl (C=O) groups is 8. The number of likely N-dealkylation sites (N-methyl/N-ethyl adjacent to an activating group) is 1. The van der Waals surface area contributed by atoms with Crippen LogP contribution in [0.25, 0.3) is 10.9 Å². The first-order chi connectivity index (χ1) is 33.5. The molecular formula is C46H47ClF3N8O12P. The summed E-state index contributed by atoms with van der Waals surface area (Å²) in [4.78, 5) is 130. The number of piperidine rings is 1. The SMILES string of the molecule is CN1CC[C@H]2CC[C@@H](C(=O)N[C@@H](CCC(N)=O)COc3cccc(Cc4cc(F)c5c(c4)C(=O)N(C4CCC(=O)NC4=O)C5=O)c3Cl)N2C(=O)[C@@H](NC(=O)c2cc3cc(C(F)(F)P(=O)(O)O)ccc3[nH]2)C1. The molecule has 71 heavy (non-hydrogen) atoms. The summed E-state index contributed by atoms with van der Waals surface area (Å²) in [5, 5.41) is 7.81. The van der Waals surface area contributed by atoms with Gasteiger partial charge in [0, 0.05) is 41.9 Å². The van der Waals surface area contributed by atoms with Gasteiger partial charge in [0.15, 0.2) is 0 Å². The number of ether oxygens (including phenoxy) is 1. The first kappa shape index (κ1) is 50.7. The van der Waals surface area contributed by atoms with Gasteiger partial charge in [-0.1, -0.05) is 29.8 Å². The van der Waals surface area contributed by atoms with Crippen molar-refractivity contribution in [2.24, 2.45) is 5.73 Å². The van der Waals surface area contributed by atoms with Gasteiger partial charge in [-0.05, 0) is 99.6 Å². The molecule has 1 unspecified atom stereocenters. The number of nitrogens with two attached hydrogens (primary N) is 1. The fourth-order valence-electron chi connectivity index (χ4n) is 9.47. The number of aromatic nitrogens is 1. The number of fused-ring (bicyclic) bond motifs is 3. The van der Waals surface area contributed by atoms with E-state index in [2.05, 4.69) is 20.9 Å². The highest BCUT2D eigenvalue weighted by Crippen LogP contribution is 2.59. The molecule has 8 N–H and O–H groups in total. The number of hydrogen-bond acceptors (Lipinski definition) is 11. The van der Waals surface area contributed by atoms with Gasteiger partial charge in [0.25, 0.3) is 17.7 Å². The van der Waals surface area contributed by atoms with Crippen LogP contribution in [0.15, 0.2) is 54.6 Å². The minimum atomic E-state index is -5.87. The molecule has 0 spiro atoms. The Morgan fingerprint density at radius 3 is 2.49 bits per heavy atom. The number of aromatic amines is 1. The lowest BCUT2D eigenvalue weighted by Gasteiger charge is -2.38. The number of imide groups is 2. The number of benzene rings is 3. The van der Waals surface area contributed by atoms with Crippen molar-refractivity contribution in [2.45, 2.75) is 87.2 Å².